The number of amides is 2. The smallest absolute Gasteiger partial charge is 0.276 e. The van der Waals surface area contributed by atoms with Crippen LogP contribution in [0.3, 0.4) is 0 Å². The normalized spacial score (nSPS) is 15.6. The first-order valence-corrected chi connectivity index (χ1v) is 17.8. The van der Waals surface area contributed by atoms with E-state index in [9.17, 15) is 18.0 Å². The van der Waals surface area contributed by atoms with E-state index in [1.807, 2.05) is 17.0 Å². The molecule has 3 heterocycles. The Morgan fingerprint density at radius 3 is 2.48 bits per heavy atom. The van der Waals surface area contributed by atoms with Crippen molar-refractivity contribution in [3.05, 3.63) is 89.4 Å². The molecule has 12 heteroatoms. The molecule has 1 aliphatic carbocycles. The summed E-state index contributed by atoms with van der Waals surface area (Å²) in [4.78, 5) is 40.2. The highest BCUT2D eigenvalue weighted by molar-refractivity contribution is 7.92. The largest absolute Gasteiger partial charge is 0.337 e. The van der Waals surface area contributed by atoms with Crippen molar-refractivity contribution in [1.82, 2.24) is 15.0 Å². The van der Waals surface area contributed by atoms with E-state index in [0.717, 1.165) is 56.3 Å². The Morgan fingerprint density at radius 2 is 1.79 bits per heavy atom. The lowest BCUT2D eigenvalue weighted by molar-refractivity contribution is -0.131. The van der Waals surface area contributed by atoms with Crippen molar-refractivity contribution >= 4 is 39.2 Å². The average Bonchev–Trinajstić information content (AvgIpc) is 3.78. The molecule has 0 radical (unpaired) electrons. The first-order valence-electron chi connectivity index (χ1n) is 16.3. The van der Waals surface area contributed by atoms with Gasteiger partial charge in [0, 0.05) is 36.4 Å². The fourth-order valence-electron chi connectivity index (χ4n) is 6.44. The number of aryl methyl sites for hydroxylation is 1. The number of sulfonamides is 1. The highest BCUT2D eigenvalue weighted by atomic mass is 32.2. The van der Waals surface area contributed by atoms with Gasteiger partial charge in [-0.05, 0) is 62.9 Å². The van der Waals surface area contributed by atoms with Crippen LogP contribution in [0.4, 0.5) is 11.6 Å². The minimum Gasteiger partial charge on any atom is -0.337 e. The molecule has 2 aliphatic rings. The SMILES string of the molecule is CCCCC1=NC2(CCCC2)C(=O)N1Cc1ccc(-c2ccccc2S(=O)(=O)Nc2onc(C)c2C)c(N(C)C(=O)c2ccccn2)c1. The van der Waals surface area contributed by atoms with Crippen LogP contribution in [0.2, 0.25) is 0 Å². The van der Waals surface area contributed by atoms with E-state index in [1.54, 1.807) is 69.6 Å². The lowest BCUT2D eigenvalue weighted by Crippen LogP contribution is -2.40. The van der Waals surface area contributed by atoms with Crippen LogP contribution in [0.25, 0.3) is 11.1 Å². The molecule has 0 atom stereocenters. The van der Waals surface area contributed by atoms with E-state index in [2.05, 4.69) is 21.8 Å². The fourth-order valence-corrected chi connectivity index (χ4v) is 7.71. The highest BCUT2D eigenvalue weighted by Crippen LogP contribution is 2.41. The maximum Gasteiger partial charge on any atom is 0.276 e. The van der Waals surface area contributed by atoms with Crippen molar-refractivity contribution in [2.24, 2.45) is 4.99 Å². The van der Waals surface area contributed by atoms with Crippen molar-refractivity contribution in [2.75, 3.05) is 16.7 Å². The molecule has 250 valence electrons. The van der Waals surface area contributed by atoms with Gasteiger partial charge in [-0.3, -0.25) is 24.5 Å². The van der Waals surface area contributed by atoms with E-state index >= 15 is 0 Å². The summed E-state index contributed by atoms with van der Waals surface area (Å²) in [5.74, 6) is 0.520. The Labute approximate surface area is 281 Å². The van der Waals surface area contributed by atoms with Gasteiger partial charge in [0.15, 0.2) is 0 Å². The van der Waals surface area contributed by atoms with Gasteiger partial charge >= 0.3 is 0 Å². The molecule has 1 spiro atoms. The number of anilines is 2. The van der Waals surface area contributed by atoms with Gasteiger partial charge in [-0.2, -0.15) is 0 Å². The number of benzene rings is 2. The Kier molecular flexibility index (Phi) is 9.20. The van der Waals surface area contributed by atoms with Crippen LogP contribution in [0, 0.1) is 13.8 Å². The summed E-state index contributed by atoms with van der Waals surface area (Å²) in [5, 5.41) is 3.87. The number of hydrogen-bond acceptors (Lipinski definition) is 8. The van der Waals surface area contributed by atoms with Gasteiger partial charge in [0.25, 0.3) is 21.8 Å². The maximum atomic E-state index is 13.9. The summed E-state index contributed by atoms with van der Waals surface area (Å²) in [6.45, 7) is 5.86. The number of pyridine rings is 1. The number of amidine groups is 1. The third-order valence-electron chi connectivity index (χ3n) is 9.29. The average molecular weight is 669 g/mol. The molecule has 2 aromatic carbocycles. The topological polar surface area (TPSA) is 138 Å². The number of rotatable bonds is 11. The zero-order valence-electron chi connectivity index (χ0n) is 27.7. The van der Waals surface area contributed by atoms with Crippen molar-refractivity contribution < 1.29 is 22.5 Å². The molecule has 0 bridgehead atoms. The van der Waals surface area contributed by atoms with Crippen LogP contribution in [-0.4, -0.2) is 53.7 Å². The third-order valence-corrected chi connectivity index (χ3v) is 10.7. The Morgan fingerprint density at radius 1 is 1.04 bits per heavy atom. The summed E-state index contributed by atoms with van der Waals surface area (Å²) in [7, 11) is -2.51. The lowest BCUT2D eigenvalue weighted by atomic mass is 9.97. The highest BCUT2D eigenvalue weighted by Gasteiger charge is 2.49. The van der Waals surface area contributed by atoms with E-state index in [0.29, 0.717) is 28.1 Å². The third kappa shape index (κ3) is 6.24. The number of nitrogens with one attached hydrogen (secondary N) is 1. The zero-order valence-corrected chi connectivity index (χ0v) is 28.5. The van der Waals surface area contributed by atoms with Gasteiger partial charge in [-0.1, -0.05) is 67.7 Å². The predicted molar refractivity (Wildman–Crippen MR) is 184 cm³/mol. The molecule has 1 N–H and O–H groups in total. The number of carbonyl (C=O) groups excluding carboxylic acids is 2. The number of unbranched alkanes of at least 4 members (excludes halogenated alkanes) is 1. The molecule has 1 fully saturated rings. The van der Waals surface area contributed by atoms with Gasteiger partial charge in [0.2, 0.25) is 5.88 Å². The molecule has 1 saturated carbocycles. The standard InChI is InChI=1S/C36H40N6O5S/c1-5-6-16-32-38-36(19-10-11-20-36)35(44)42(32)23-26-17-18-27(30(22-26)41(4)34(43)29-14-9-12-21-37-29)28-13-7-8-15-31(28)48(45,46)40-33-24(2)25(3)39-47-33/h7-9,12-15,17-18,21-22,40H,5-6,10-11,16,19-20,23H2,1-4H3. The quantitative estimate of drug-likeness (QED) is 0.188. The van der Waals surface area contributed by atoms with Crippen LogP contribution in [-0.2, 0) is 21.4 Å². The molecule has 48 heavy (non-hydrogen) atoms. The molecule has 4 aromatic rings. The molecular formula is C36H40N6O5S. The molecule has 2 amide bonds. The van der Waals surface area contributed by atoms with Crippen LogP contribution < -0.4 is 9.62 Å². The molecule has 0 unspecified atom stereocenters. The first kappa shape index (κ1) is 33.1. The first-order chi connectivity index (χ1) is 23.0. The zero-order chi connectivity index (χ0) is 34.1. The predicted octanol–water partition coefficient (Wildman–Crippen LogP) is 6.67. The van der Waals surface area contributed by atoms with E-state index < -0.39 is 15.6 Å². The van der Waals surface area contributed by atoms with E-state index in [4.69, 9.17) is 9.52 Å². The maximum absolute atomic E-state index is 13.9. The van der Waals surface area contributed by atoms with E-state index in [-0.39, 0.29) is 34.8 Å². The summed E-state index contributed by atoms with van der Waals surface area (Å²) in [6.07, 6.45) is 7.67. The molecule has 0 saturated heterocycles. The van der Waals surface area contributed by atoms with Crippen LogP contribution >= 0.6 is 0 Å². The number of aliphatic imine (C=N–C) groups is 1. The van der Waals surface area contributed by atoms with Crippen molar-refractivity contribution in [2.45, 2.75) is 82.7 Å². The van der Waals surface area contributed by atoms with Crippen LogP contribution in [0.1, 0.15) is 79.2 Å². The Balaban J connectivity index is 1.42. The van der Waals surface area contributed by atoms with Crippen LogP contribution in [0.5, 0.6) is 0 Å². The number of nitrogens with zero attached hydrogens (tertiary/aromatic N) is 5. The second-order valence-electron chi connectivity index (χ2n) is 12.5. The monoisotopic (exact) mass is 668 g/mol. The minimum absolute atomic E-state index is 0.00183. The van der Waals surface area contributed by atoms with E-state index in [1.165, 1.54) is 11.0 Å². The molecular weight excluding hydrogens is 628 g/mol. The van der Waals surface area contributed by atoms with Crippen LogP contribution in [0.15, 0.2) is 81.3 Å². The minimum atomic E-state index is -4.15. The summed E-state index contributed by atoms with van der Waals surface area (Å²) in [5.41, 5.74) is 2.87. The van der Waals surface area contributed by atoms with Gasteiger partial charge in [-0.25, -0.2) is 13.1 Å². The van der Waals surface area contributed by atoms with Crippen molar-refractivity contribution in [3.63, 3.8) is 0 Å². The van der Waals surface area contributed by atoms with Gasteiger partial charge in [0.1, 0.15) is 17.1 Å². The molecule has 1 aliphatic heterocycles. The van der Waals surface area contributed by atoms with Crippen molar-refractivity contribution in [3.8, 4) is 11.1 Å². The second-order valence-corrected chi connectivity index (χ2v) is 14.2. The van der Waals surface area contributed by atoms with Gasteiger partial charge in [-0.15, -0.1) is 0 Å². The summed E-state index contributed by atoms with van der Waals surface area (Å²) < 4.78 is 35.4. The second kappa shape index (κ2) is 13.3. The van der Waals surface area contributed by atoms with Gasteiger partial charge < -0.3 is 9.42 Å². The summed E-state index contributed by atoms with van der Waals surface area (Å²) in [6, 6.07) is 17.2. The molecule has 6 rings (SSSR count). The fraction of sp³-hybridized carbons (Fsp3) is 0.361. The Bertz CT molecular complexity index is 1980. The molecule has 2 aromatic heterocycles. The number of hydrogen-bond donors (Lipinski definition) is 1. The number of carbonyl (C=O) groups is 2. The lowest BCUT2D eigenvalue weighted by Gasteiger charge is -2.25. The molecule has 11 nitrogen and oxygen atoms in total. The van der Waals surface area contributed by atoms with Crippen molar-refractivity contribution in [1.29, 1.82) is 0 Å². The van der Waals surface area contributed by atoms with Gasteiger partial charge in [0.05, 0.1) is 22.8 Å². The Hall–Kier alpha value is -4.84. The summed E-state index contributed by atoms with van der Waals surface area (Å²) >= 11 is 0. The number of aromatic nitrogens is 2.